The summed E-state index contributed by atoms with van der Waals surface area (Å²) >= 11 is 1.92. The van der Waals surface area contributed by atoms with Crippen LogP contribution in [0.4, 0.5) is 0 Å². The van der Waals surface area contributed by atoms with Crippen LogP contribution in [-0.2, 0) is 19.4 Å². The Hall–Kier alpha value is -1.19. The lowest BCUT2D eigenvalue weighted by atomic mass is 9.74. The number of aromatic nitrogens is 1. The van der Waals surface area contributed by atoms with Gasteiger partial charge in [-0.05, 0) is 49.1 Å². The first-order valence-electron chi connectivity index (χ1n) is 8.06. The Labute approximate surface area is 130 Å². The van der Waals surface area contributed by atoms with E-state index in [1.165, 1.54) is 66.8 Å². The molecule has 0 saturated heterocycles. The number of aryl methyl sites for hydroxylation is 1. The van der Waals surface area contributed by atoms with Gasteiger partial charge in [0.05, 0.1) is 5.69 Å². The van der Waals surface area contributed by atoms with Crippen molar-refractivity contribution in [2.45, 2.75) is 51.5 Å². The molecule has 2 aliphatic carbocycles. The molecule has 0 unspecified atom stereocenters. The quantitative estimate of drug-likeness (QED) is 0.897. The minimum Gasteiger partial charge on any atom is -0.326 e. The SMILES string of the molecule is NCc1cccc(-c2nc3c(s2)CC2(CCCC2)CC3)c1. The maximum Gasteiger partial charge on any atom is 0.123 e. The van der Waals surface area contributed by atoms with Crippen molar-refractivity contribution in [1.82, 2.24) is 4.98 Å². The van der Waals surface area contributed by atoms with Crippen LogP contribution in [0.2, 0.25) is 0 Å². The molecule has 1 heterocycles. The highest BCUT2D eigenvalue weighted by atomic mass is 32.1. The van der Waals surface area contributed by atoms with Gasteiger partial charge in [-0.15, -0.1) is 11.3 Å². The van der Waals surface area contributed by atoms with Crippen LogP contribution in [0.25, 0.3) is 10.6 Å². The van der Waals surface area contributed by atoms with Crippen molar-refractivity contribution >= 4 is 11.3 Å². The summed E-state index contributed by atoms with van der Waals surface area (Å²) in [6.45, 7) is 0.599. The van der Waals surface area contributed by atoms with E-state index in [9.17, 15) is 0 Å². The molecular formula is C18H22N2S. The maximum absolute atomic E-state index is 5.76. The van der Waals surface area contributed by atoms with Crippen LogP contribution in [0.3, 0.4) is 0 Å². The molecule has 1 aromatic heterocycles. The van der Waals surface area contributed by atoms with Gasteiger partial charge in [0.25, 0.3) is 0 Å². The highest BCUT2D eigenvalue weighted by molar-refractivity contribution is 7.15. The van der Waals surface area contributed by atoms with Gasteiger partial charge in [0.1, 0.15) is 5.01 Å². The normalized spacial score (nSPS) is 19.9. The standard InChI is InChI=1S/C18H22N2S/c19-12-13-4-3-5-14(10-13)17-20-15-6-9-18(7-1-2-8-18)11-16(15)21-17/h3-5,10H,1-2,6-9,11-12,19H2. The van der Waals surface area contributed by atoms with Crippen LogP contribution < -0.4 is 5.73 Å². The minimum atomic E-state index is 0.599. The smallest absolute Gasteiger partial charge is 0.123 e. The van der Waals surface area contributed by atoms with E-state index in [4.69, 9.17) is 10.7 Å². The number of benzene rings is 1. The molecule has 0 radical (unpaired) electrons. The lowest BCUT2D eigenvalue weighted by Gasteiger charge is -2.32. The fourth-order valence-corrected chi connectivity index (χ4v) is 5.31. The average molecular weight is 298 g/mol. The fraction of sp³-hybridized carbons (Fsp3) is 0.500. The minimum absolute atomic E-state index is 0.599. The van der Waals surface area contributed by atoms with E-state index in [1.54, 1.807) is 4.88 Å². The highest BCUT2D eigenvalue weighted by Gasteiger charge is 2.38. The molecule has 2 aromatic rings. The Balaban J connectivity index is 1.66. The van der Waals surface area contributed by atoms with Gasteiger partial charge in [0, 0.05) is 17.0 Å². The predicted octanol–water partition coefficient (Wildman–Crippen LogP) is 4.32. The van der Waals surface area contributed by atoms with Crippen molar-refractivity contribution in [3.8, 4) is 10.6 Å². The first-order valence-corrected chi connectivity index (χ1v) is 8.88. The van der Waals surface area contributed by atoms with E-state index in [0.29, 0.717) is 12.0 Å². The van der Waals surface area contributed by atoms with Crippen LogP contribution in [-0.4, -0.2) is 4.98 Å². The number of nitrogens with two attached hydrogens (primary N) is 1. The molecule has 110 valence electrons. The zero-order valence-electron chi connectivity index (χ0n) is 12.4. The Bertz CT molecular complexity index is 653. The molecule has 0 bridgehead atoms. The third-order valence-electron chi connectivity index (χ3n) is 5.28. The van der Waals surface area contributed by atoms with Gasteiger partial charge in [-0.1, -0.05) is 31.0 Å². The molecule has 0 atom stereocenters. The van der Waals surface area contributed by atoms with Crippen molar-refractivity contribution in [1.29, 1.82) is 0 Å². The van der Waals surface area contributed by atoms with E-state index >= 15 is 0 Å². The van der Waals surface area contributed by atoms with Crippen LogP contribution >= 0.6 is 11.3 Å². The molecule has 4 rings (SSSR count). The van der Waals surface area contributed by atoms with Crippen molar-refractivity contribution < 1.29 is 0 Å². The molecule has 2 N–H and O–H groups in total. The molecule has 1 saturated carbocycles. The molecule has 2 nitrogen and oxygen atoms in total. The lowest BCUT2D eigenvalue weighted by molar-refractivity contribution is 0.256. The van der Waals surface area contributed by atoms with Crippen LogP contribution in [0.15, 0.2) is 24.3 Å². The van der Waals surface area contributed by atoms with Crippen LogP contribution in [0, 0.1) is 5.41 Å². The van der Waals surface area contributed by atoms with Gasteiger partial charge in [-0.25, -0.2) is 4.98 Å². The molecular weight excluding hydrogens is 276 g/mol. The summed E-state index contributed by atoms with van der Waals surface area (Å²) in [6, 6.07) is 8.53. The van der Waals surface area contributed by atoms with Gasteiger partial charge in [0.2, 0.25) is 0 Å². The Kier molecular flexibility index (Phi) is 3.35. The zero-order chi connectivity index (χ0) is 14.3. The molecule has 1 spiro atoms. The predicted molar refractivity (Wildman–Crippen MR) is 88.4 cm³/mol. The van der Waals surface area contributed by atoms with E-state index in [0.717, 1.165) is 0 Å². The molecule has 21 heavy (non-hydrogen) atoms. The fourth-order valence-electron chi connectivity index (χ4n) is 4.04. The van der Waals surface area contributed by atoms with Gasteiger partial charge in [-0.3, -0.25) is 0 Å². The Morgan fingerprint density at radius 1 is 1.19 bits per heavy atom. The van der Waals surface area contributed by atoms with Gasteiger partial charge in [-0.2, -0.15) is 0 Å². The third kappa shape index (κ3) is 2.43. The number of fused-ring (bicyclic) bond motifs is 1. The average Bonchev–Trinajstić information content (AvgIpc) is 3.14. The first-order chi connectivity index (χ1) is 10.3. The van der Waals surface area contributed by atoms with Crippen molar-refractivity contribution in [3.05, 3.63) is 40.4 Å². The van der Waals surface area contributed by atoms with Gasteiger partial charge < -0.3 is 5.73 Å². The second-order valence-electron chi connectivity index (χ2n) is 6.68. The first kappa shape index (κ1) is 13.5. The van der Waals surface area contributed by atoms with E-state index in [1.807, 2.05) is 11.3 Å². The van der Waals surface area contributed by atoms with Gasteiger partial charge >= 0.3 is 0 Å². The molecule has 0 amide bonds. The number of thiazole rings is 1. The van der Waals surface area contributed by atoms with Crippen molar-refractivity contribution in [3.63, 3.8) is 0 Å². The van der Waals surface area contributed by atoms with Gasteiger partial charge in [0.15, 0.2) is 0 Å². The Morgan fingerprint density at radius 3 is 2.86 bits per heavy atom. The third-order valence-corrected chi connectivity index (χ3v) is 6.43. The Morgan fingerprint density at radius 2 is 2.05 bits per heavy atom. The molecule has 3 heteroatoms. The molecule has 0 aliphatic heterocycles. The zero-order valence-corrected chi connectivity index (χ0v) is 13.2. The molecule has 2 aliphatic rings. The number of hydrogen-bond donors (Lipinski definition) is 1. The summed E-state index contributed by atoms with van der Waals surface area (Å²) in [5.41, 5.74) is 10.2. The van der Waals surface area contributed by atoms with E-state index in [2.05, 4.69) is 24.3 Å². The van der Waals surface area contributed by atoms with Crippen molar-refractivity contribution in [2.75, 3.05) is 0 Å². The summed E-state index contributed by atoms with van der Waals surface area (Å²) in [5.74, 6) is 0. The summed E-state index contributed by atoms with van der Waals surface area (Å²) in [6.07, 6.45) is 9.54. The summed E-state index contributed by atoms with van der Waals surface area (Å²) < 4.78 is 0. The number of nitrogens with zero attached hydrogens (tertiary/aromatic N) is 1. The number of hydrogen-bond acceptors (Lipinski definition) is 3. The largest absolute Gasteiger partial charge is 0.326 e. The summed E-state index contributed by atoms with van der Waals surface area (Å²) in [4.78, 5) is 6.48. The summed E-state index contributed by atoms with van der Waals surface area (Å²) in [5, 5.41) is 1.19. The van der Waals surface area contributed by atoms with Crippen LogP contribution in [0.5, 0.6) is 0 Å². The summed E-state index contributed by atoms with van der Waals surface area (Å²) in [7, 11) is 0. The van der Waals surface area contributed by atoms with E-state index < -0.39 is 0 Å². The number of rotatable bonds is 2. The second-order valence-corrected chi connectivity index (χ2v) is 7.76. The van der Waals surface area contributed by atoms with Crippen LogP contribution in [0.1, 0.15) is 48.2 Å². The molecule has 1 fully saturated rings. The van der Waals surface area contributed by atoms with E-state index in [-0.39, 0.29) is 0 Å². The monoisotopic (exact) mass is 298 g/mol. The topological polar surface area (TPSA) is 38.9 Å². The second kappa shape index (κ2) is 5.22. The molecule has 1 aromatic carbocycles. The highest BCUT2D eigenvalue weighted by Crippen LogP contribution is 2.49. The maximum atomic E-state index is 5.76. The lowest BCUT2D eigenvalue weighted by Crippen LogP contribution is -2.24. The van der Waals surface area contributed by atoms with Crippen molar-refractivity contribution in [2.24, 2.45) is 11.1 Å².